The normalized spacial score (nSPS) is 12.0. The van der Waals surface area contributed by atoms with E-state index in [9.17, 15) is 13.2 Å². The third-order valence-corrected chi connectivity index (χ3v) is 8.65. The molecule has 0 unspecified atom stereocenters. The molecule has 1 amide bonds. The van der Waals surface area contributed by atoms with Crippen LogP contribution in [0.5, 0.6) is 5.75 Å². The molecule has 0 saturated heterocycles. The van der Waals surface area contributed by atoms with Crippen molar-refractivity contribution >= 4 is 37.5 Å². The molecule has 4 rings (SSSR count). The zero-order valence-corrected chi connectivity index (χ0v) is 23.8. The number of nitrogens with one attached hydrogen (secondary N) is 1. The summed E-state index contributed by atoms with van der Waals surface area (Å²) in [4.78, 5) is 13.6. The predicted molar refractivity (Wildman–Crippen MR) is 154 cm³/mol. The fraction of sp³-hybridized carbons (Fsp3) is 0.167. The summed E-state index contributed by atoms with van der Waals surface area (Å²) < 4.78 is 34.6. The number of anilines is 1. The fourth-order valence-electron chi connectivity index (χ4n) is 4.19. The number of aryl methyl sites for hydroxylation is 2. The van der Waals surface area contributed by atoms with Crippen LogP contribution in [0.15, 0.2) is 106 Å². The smallest absolute Gasteiger partial charge is 0.264 e. The molecular weight excluding hydrogens is 564 g/mol. The molecule has 38 heavy (non-hydrogen) atoms. The minimum Gasteiger partial charge on any atom is -0.496 e. The fourth-order valence-corrected chi connectivity index (χ4v) is 6.33. The number of hydrogen-bond donors (Lipinski definition) is 1. The Hall–Kier alpha value is -3.62. The van der Waals surface area contributed by atoms with Gasteiger partial charge in [-0.1, -0.05) is 72.3 Å². The Morgan fingerprint density at radius 1 is 0.921 bits per heavy atom. The predicted octanol–water partition coefficient (Wildman–Crippen LogP) is 6.18. The summed E-state index contributed by atoms with van der Waals surface area (Å²) in [6.45, 7) is 3.51. The monoisotopic (exact) mass is 592 g/mol. The molecular formula is C30H29BrN2O4S. The highest BCUT2D eigenvalue weighted by Crippen LogP contribution is 2.31. The van der Waals surface area contributed by atoms with E-state index in [1.807, 2.05) is 80.6 Å². The zero-order chi connectivity index (χ0) is 27.3. The van der Waals surface area contributed by atoms with E-state index in [1.165, 1.54) is 19.2 Å². The first-order valence-electron chi connectivity index (χ1n) is 12.0. The van der Waals surface area contributed by atoms with Crippen LogP contribution in [0.25, 0.3) is 0 Å². The number of amides is 1. The Labute approximate surface area is 232 Å². The minimum atomic E-state index is -4.10. The van der Waals surface area contributed by atoms with Gasteiger partial charge in [0, 0.05) is 0 Å². The second-order valence-corrected chi connectivity index (χ2v) is 11.6. The van der Waals surface area contributed by atoms with E-state index < -0.39 is 28.5 Å². The van der Waals surface area contributed by atoms with Crippen LogP contribution < -0.4 is 14.4 Å². The highest BCUT2D eigenvalue weighted by molar-refractivity contribution is 9.10. The maximum Gasteiger partial charge on any atom is 0.264 e. The van der Waals surface area contributed by atoms with Gasteiger partial charge in [0.15, 0.2) is 0 Å². The van der Waals surface area contributed by atoms with Gasteiger partial charge in [-0.15, -0.1) is 0 Å². The second kappa shape index (κ2) is 11.8. The van der Waals surface area contributed by atoms with Crippen LogP contribution in [0.2, 0.25) is 0 Å². The quantitative estimate of drug-likeness (QED) is 0.252. The maximum absolute atomic E-state index is 13.9. The maximum atomic E-state index is 13.9. The average Bonchev–Trinajstić information content (AvgIpc) is 2.92. The van der Waals surface area contributed by atoms with Gasteiger partial charge in [0.2, 0.25) is 5.91 Å². The molecule has 196 valence electrons. The third kappa shape index (κ3) is 6.09. The Morgan fingerprint density at radius 2 is 1.58 bits per heavy atom. The molecule has 6 nitrogen and oxygen atoms in total. The molecule has 8 heteroatoms. The lowest BCUT2D eigenvalue weighted by molar-refractivity contribution is -0.120. The number of carbonyl (C=O) groups is 1. The number of carbonyl (C=O) groups excluding carboxylic acids is 1. The number of benzene rings is 4. The standard InChI is InChI=1S/C30H29BrN2O4S/c1-21-13-15-24(16-14-21)33(38(35,36)25-17-18-28(37-3)27(31)19-25)20-29(34)32-30(23-10-5-4-6-11-23)26-12-8-7-9-22(26)2/h4-19,30H,20H2,1-3H3,(H,32,34)/t30-/m0/s1. The van der Waals surface area contributed by atoms with Crippen LogP contribution in [0.1, 0.15) is 28.3 Å². The van der Waals surface area contributed by atoms with E-state index in [0.717, 1.165) is 26.6 Å². The van der Waals surface area contributed by atoms with Gasteiger partial charge in [-0.05, 0) is 76.8 Å². The first kappa shape index (κ1) is 27.4. The van der Waals surface area contributed by atoms with E-state index in [-0.39, 0.29) is 4.90 Å². The summed E-state index contributed by atoms with van der Waals surface area (Å²) >= 11 is 3.37. The average molecular weight is 594 g/mol. The summed E-state index contributed by atoms with van der Waals surface area (Å²) in [7, 11) is -2.59. The molecule has 0 radical (unpaired) electrons. The first-order chi connectivity index (χ1) is 18.2. The van der Waals surface area contributed by atoms with Gasteiger partial charge in [-0.25, -0.2) is 8.42 Å². The molecule has 0 aliphatic carbocycles. The topological polar surface area (TPSA) is 75.7 Å². The minimum absolute atomic E-state index is 0.0389. The van der Waals surface area contributed by atoms with Crippen molar-refractivity contribution in [2.24, 2.45) is 0 Å². The Bertz CT molecular complexity index is 1520. The summed E-state index contributed by atoms with van der Waals surface area (Å²) in [5, 5.41) is 3.08. The largest absolute Gasteiger partial charge is 0.496 e. The van der Waals surface area contributed by atoms with Gasteiger partial charge in [0.25, 0.3) is 10.0 Å². The number of rotatable bonds is 9. The number of methoxy groups -OCH3 is 1. The van der Waals surface area contributed by atoms with Gasteiger partial charge < -0.3 is 10.1 Å². The van der Waals surface area contributed by atoms with Gasteiger partial charge in [0.05, 0.1) is 28.2 Å². The number of ether oxygens (including phenoxy) is 1. The van der Waals surface area contributed by atoms with Crippen molar-refractivity contribution in [3.63, 3.8) is 0 Å². The molecule has 0 aliphatic rings. The van der Waals surface area contributed by atoms with Gasteiger partial charge in [-0.2, -0.15) is 0 Å². The van der Waals surface area contributed by atoms with Crippen LogP contribution >= 0.6 is 15.9 Å². The van der Waals surface area contributed by atoms with Crippen molar-refractivity contribution in [1.82, 2.24) is 5.32 Å². The number of nitrogens with zero attached hydrogens (tertiary/aromatic N) is 1. The van der Waals surface area contributed by atoms with Crippen molar-refractivity contribution in [3.05, 3.63) is 124 Å². The van der Waals surface area contributed by atoms with Gasteiger partial charge >= 0.3 is 0 Å². The number of halogens is 1. The van der Waals surface area contributed by atoms with Crippen molar-refractivity contribution in [3.8, 4) is 5.75 Å². The highest BCUT2D eigenvalue weighted by atomic mass is 79.9. The zero-order valence-electron chi connectivity index (χ0n) is 21.4. The Morgan fingerprint density at radius 3 is 2.21 bits per heavy atom. The van der Waals surface area contributed by atoms with E-state index in [4.69, 9.17) is 4.74 Å². The van der Waals surface area contributed by atoms with Crippen LogP contribution in [0, 0.1) is 13.8 Å². The second-order valence-electron chi connectivity index (χ2n) is 8.91. The molecule has 0 aromatic heterocycles. The molecule has 4 aromatic carbocycles. The van der Waals surface area contributed by atoms with Gasteiger partial charge in [0.1, 0.15) is 12.3 Å². The molecule has 0 fully saturated rings. The SMILES string of the molecule is COc1ccc(S(=O)(=O)N(CC(=O)N[C@@H](c2ccccc2)c2ccccc2C)c2ccc(C)cc2)cc1Br. The molecule has 0 spiro atoms. The van der Waals surface area contributed by atoms with E-state index in [1.54, 1.807) is 18.2 Å². The van der Waals surface area contributed by atoms with Crippen molar-refractivity contribution in [2.45, 2.75) is 24.8 Å². The summed E-state index contributed by atoms with van der Waals surface area (Å²) in [5.74, 6) is 0.0753. The van der Waals surface area contributed by atoms with Crippen LogP contribution in [0.3, 0.4) is 0 Å². The van der Waals surface area contributed by atoms with E-state index >= 15 is 0 Å². The van der Waals surface area contributed by atoms with Crippen LogP contribution in [-0.2, 0) is 14.8 Å². The van der Waals surface area contributed by atoms with Gasteiger partial charge in [-0.3, -0.25) is 9.10 Å². The van der Waals surface area contributed by atoms with Crippen LogP contribution in [0.4, 0.5) is 5.69 Å². The number of sulfonamides is 1. The molecule has 1 atom stereocenters. The lowest BCUT2D eigenvalue weighted by Crippen LogP contribution is -2.42. The summed E-state index contributed by atoms with van der Waals surface area (Å²) in [6, 6.07) is 28.6. The van der Waals surface area contributed by atoms with Crippen molar-refractivity contribution in [2.75, 3.05) is 18.0 Å². The van der Waals surface area contributed by atoms with Crippen molar-refractivity contribution in [1.29, 1.82) is 0 Å². The molecule has 0 aliphatic heterocycles. The van der Waals surface area contributed by atoms with E-state index in [0.29, 0.717) is 15.9 Å². The third-order valence-electron chi connectivity index (χ3n) is 6.26. The molecule has 1 N–H and O–H groups in total. The number of hydrogen-bond acceptors (Lipinski definition) is 4. The lowest BCUT2D eigenvalue weighted by Gasteiger charge is -2.27. The lowest BCUT2D eigenvalue weighted by atomic mass is 9.95. The van der Waals surface area contributed by atoms with Crippen molar-refractivity contribution < 1.29 is 17.9 Å². The summed E-state index contributed by atoms with van der Waals surface area (Å²) in [5.41, 5.74) is 4.24. The Kier molecular flexibility index (Phi) is 8.54. The molecule has 4 aromatic rings. The van der Waals surface area contributed by atoms with Crippen LogP contribution in [-0.4, -0.2) is 28.0 Å². The van der Waals surface area contributed by atoms with E-state index in [2.05, 4.69) is 21.2 Å². The Balaban J connectivity index is 1.71. The molecule has 0 heterocycles. The summed E-state index contributed by atoms with van der Waals surface area (Å²) in [6.07, 6.45) is 0. The molecule has 0 bridgehead atoms. The molecule has 0 saturated carbocycles. The first-order valence-corrected chi connectivity index (χ1v) is 14.3. The highest BCUT2D eigenvalue weighted by Gasteiger charge is 2.29.